The number of benzene rings is 1. The molecule has 0 aliphatic rings. The fourth-order valence-corrected chi connectivity index (χ4v) is 2.25. The Balaban J connectivity index is 2.56. The molecule has 1 aromatic heterocycles. The molecule has 5 heteroatoms. The molecule has 0 aliphatic carbocycles. The van der Waals surface area contributed by atoms with Crippen LogP contribution < -0.4 is 5.73 Å². The Morgan fingerprint density at radius 2 is 1.94 bits per heavy atom. The van der Waals surface area contributed by atoms with Crippen LogP contribution in [0.5, 0.6) is 0 Å². The zero-order chi connectivity index (χ0) is 11.7. The lowest BCUT2D eigenvalue weighted by molar-refractivity contribution is 0.0699. The van der Waals surface area contributed by atoms with Gasteiger partial charge in [-0.15, -0.1) is 11.3 Å². The molecule has 2 rings (SSSR count). The van der Waals surface area contributed by atoms with Gasteiger partial charge in [-0.05, 0) is 17.7 Å². The maximum Gasteiger partial charge on any atom is 0.339 e. The molecule has 0 saturated heterocycles. The molecule has 0 fully saturated rings. The minimum Gasteiger partial charge on any atom is -0.478 e. The lowest BCUT2D eigenvalue weighted by Gasteiger charge is -2.01. The molecule has 1 heterocycles. The fourth-order valence-electron chi connectivity index (χ4n) is 1.44. The van der Waals surface area contributed by atoms with E-state index in [1.807, 2.05) is 0 Å². The molecule has 0 aliphatic heterocycles. The van der Waals surface area contributed by atoms with E-state index in [0.29, 0.717) is 11.1 Å². The topological polar surface area (TPSA) is 63.3 Å². The Kier molecular flexibility index (Phi) is 2.62. The number of carboxylic acid groups (broad SMARTS) is 1. The highest BCUT2D eigenvalue weighted by Gasteiger charge is 2.17. The predicted octanol–water partition coefficient (Wildman–Crippen LogP) is 2.83. The van der Waals surface area contributed by atoms with Gasteiger partial charge in [-0.1, -0.05) is 12.1 Å². The van der Waals surface area contributed by atoms with Crippen molar-refractivity contribution in [3.8, 4) is 11.1 Å². The minimum atomic E-state index is -1.07. The Morgan fingerprint density at radius 3 is 2.50 bits per heavy atom. The summed E-state index contributed by atoms with van der Waals surface area (Å²) in [5.41, 5.74) is 6.82. The summed E-state index contributed by atoms with van der Waals surface area (Å²) in [6.45, 7) is 0. The first-order valence-corrected chi connectivity index (χ1v) is 5.33. The molecule has 0 amide bonds. The van der Waals surface area contributed by atoms with E-state index in [-0.39, 0.29) is 16.4 Å². The largest absolute Gasteiger partial charge is 0.478 e. The molecular formula is C11H8FNO2S. The lowest BCUT2D eigenvalue weighted by atomic mass is 10.0. The van der Waals surface area contributed by atoms with Crippen molar-refractivity contribution in [2.45, 2.75) is 0 Å². The molecular weight excluding hydrogens is 229 g/mol. The monoisotopic (exact) mass is 237 g/mol. The Labute approximate surface area is 95.0 Å². The summed E-state index contributed by atoms with van der Waals surface area (Å²) in [6, 6.07) is 5.64. The summed E-state index contributed by atoms with van der Waals surface area (Å²) >= 11 is 1.16. The van der Waals surface area contributed by atoms with Crippen molar-refractivity contribution >= 4 is 22.3 Å². The number of thiophene rings is 1. The van der Waals surface area contributed by atoms with Crippen LogP contribution in [0.4, 0.5) is 9.39 Å². The average Bonchev–Trinajstić information content (AvgIpc) is 2.61. The van der Waals surface area contributed by atoms with Gasteiger partial charge in [0.2, 0.25) is 0 Å². The lowest BCUT2D eigenvalue weighted by Crippen LogP contribution is -2.00. The number of halogens is 1. The number of hydrogen-bond donors (Lipinski definition) is 2. The van der Waals surface area contributed by atoms with Crippen LogP contribution in [0.25, 0.3) is 11.1 Å². The third-order valence-electron chi connectivity index (χ3n) is 2.19. The van der Waals surface area contributed by atoms with E-state index in [2.05, 4.69) is 0 Å². The Hall–Kier alpha value is -1.88. The molecule has 0 saturated carbocycles. The first-order valence-electron chi connectivity index (χ1n) is 4.46. The normalized spacial score (nSPS) is 10.3. The van der Waals surface area contributed by atoms with Crippen molar-refractivity contribution in [1.29, 1.82) is 0 Å². The second-order valence-electron chi connectivity index (χ2n) is 3.20. The molecule has 1 aromatic carbocycles. The second kappa shape index (κ2) is 3.94. The van der Waals surface area contributed by atoms with Gasteiger partial charge < -0.3 is 10.8 Å². The molecule has 2 aromatic rings. The Morgan fingerprint density at radius 1 is 1.31 bits per heavy atom. The number of rotatable bonds is 2. The predicted molar refractivity (Wildman–Crippen MR) is 61.1 cm³/mol. The zero-order valence-electron chi connectivity index (χ0n) is 8.11. The van der Waals surface area contributed by atoms with Crippen molar-refractivity contribution in [2.24, 2.45) is 0 Å². The summed E-state index contributed by atoms with van der Waals surface area (Å²) in [5, 5.41) is 10.9. The van der Waals surface area contributed by atoms with Crippen LogP contribution in [0.15, 0.2) is 29.6 Å². The van der Waals surface area contributed by atoms with E-state index in [0.717, 1.165) is 11.3 Å². The van der Waals surface area contributed by atoms with Crippen LogP contribution in [0.3, 0.4) is 0 Å². The van der Waals surface area contributed by atoms with Crippen molar-refractivity contribution in [3.63, 3.8) is 0 Å². The van der Waals surface area contributed by atoms with Crippen LogP contribution >= 0.6 is 11.3 Å². The van der Waals surface area contributed by atoms with Gasteiger partial charge in [0.05, 0.1) is 0 Å². The smallest absolute Gasteiger partial charge is 0.339 e. The van der Waals surface area contributed by atoms with Crippen molar-refractivity contribution in [3.05, 3.63) is 41.0 Å². The van der Waals surface area contributed by atoms with E-state index in [1.165, 1.54) is 24.3 Å². The molecule has 3 N–H and O–H groups in total. The fraction of sp³-hybridized carbons (Fsp3) is 0. The van der Waals surface area contributed by atoms with E-state index in [9.17, 15) is 9.18 Å². The van der Waals surface area contributed by atoms with Gasteiger partial charge >= 0.3 is 5.97 Å². The third-order valence-corrected chi connectivity index (χ3v) is 3.00. The molecule has 0 radical (unpaired) electrons. The van der Waals surface area contributed by atoms with Gasteiger partial charge in [0.15, 0.2) is 0 Å². The molecule has 3 nitrogen and oxygen atoms in total. The van der Waals surface area contributed by atoms with Gasteiger partial charge in [0, 0.05) is 10.9 Å². The summed E-state index contributed by atoms with van der Waals surface area (Å²) in [4.78, 5) is 11.0. The van der Waals surface area contributed by atoms with Gasteiger partial charge in [0.25, 0.3) is 0 Å². The van der Waals surface area contributed by atoms with Gasteiger partial charge in [0.1, 0.15) is 16.4 Å². The zero-order valence-corrected chi connectivity index (χ0v) is 8.92. The summed E-state index contributed by atoms with van der Waals surface area (Å²) in [6.07, 6.45) is 0. The van der Waals surface area contributed by atoms with Crippen molar-refractivity contribution in [2.75, 3.05) is 5.73 Å². The molecule has 0 atom stereocenters. The molecule has 0 spiro atoms. The summed E-state index contributed by atoms with van der Waals surface area (Å²) in [7, 11) is 0. The molecule has 82 valence electrons. The SMILES string of the molecule is Nc1scc(-c2ccc(F)cc2)c1C(=O)O. The van der Waals surface area contributed by atoms with E-state index < -0.39 is 5.97 Å². The number of anilines is 1. The number of nitrogens with two attached hydrogens (primary N) is 1. The van der Waals surface area contributed by atoms with Crippen LogP contribution in [0.1, 0.15) is 10.4 Å². The first-order chi connectivity index (χ1) is 7.59. The van der Waals surface area contributed by atoms with Gasteiger partial charge in [-0.2, -0.15) is 0 Å². The molecule has 0 bridgehead atoms. The van der Waals surface area contributed by atoms with Crippen LogP contribution in [-0.4, -0.2) is 11.1 Å². The van der Waals surface area contributed by atoms with E-state index >= 15 is 0 Å². The maximum absolute atomic E-state index is 12.7. The summed E-state index contributed by atoms with van der Waals surface area (Å²) in [5.74, 6) is -1.43. The van der Waals surface area contributed by atoms with Crippen molar-refractivity contribution in [1.82, 2.24) is 0 Å². The van der Waals surface area contributed by atoms with Crippen LogP contribution in [0, 0.1) is 5.82 Å². The van der Waals surface area contributed by atoms with Crippen LogP contribution in [-0.2, 0) is 0 Å². The number of hydrogen-bond acceptors (Lipinski definition) is 3. The molecule has 16 heavy (non-hydrogen) atoms. The second-order valence-corrected chi connectivity index (χ2v) is 4.11. The van der Waals surface area contributed by atoms with E-state index in [4.69, 9.17) is 10.8 Å². The summed E-state index contributed by atoms with van der Waals surface area (Å²) < 4.78 is 12.7. The molecule has 0 unspecified atom stereocenters. The third kappa shape index (κ3) is 1.77. The maximum atomic E-state index is 12.7. The number of aromatic carboxylic acids is 1. The standard InChI is InChI=1S/C11H8FNO2S/c12-7-3-1-6(2-4-7)8-5-16-10(13)9(8)11(14)15/h1-5H,13H2,(H,14,15). The first kappa shape index (κ1) is 10.6. The Bertz CT molecular complexity index is 533. The van der Waals surface area contributed by atoms with Gasteiger partial charge in [-0.3, -0.25) is 0 Å². The number of carboxylic acids is 1. The van der Waals surface area contributed by atoms with E-state index in [1.54, 1.807) is 5.38 Å². The highest BCUT2D eigenvalue weighted by Crippen LogP contribution is 2.33. The highest BCUT2D eigenvalue weighted by atomic mass is 32.1. The van der Waals surface area contributed by atoms with Crippen molar-refractivity contribution < 1.29 is 14.3 Å². The van der Waals surface area contributed by atoms with Gasteiger partial charge in [-0.25, -0.2) is 9.18 Å². The quantitative estimate of drug-likeness (QED) is 0.844. The van der Waals surface area contributed by atoms with Crippen LogP contribution in [0.2, 0.25) is 0 Å². The average molecular weight is 237 g/mol. The minimum absolute atomic E-state index is 0.0802. The highest BCUT2D eigenvalue weighted by molar-refractivity contribution is 7.14. The number of nitrogen functional groups attached to an aromatic ring is 1. The number of carbonyl (C=O) groups is 1.